The van der Waals surface area contributed by atoms with E-state index in [1.807, 2.05) is 4.72 Å². The van der Waals surface area contributed by atoms with E-state index < -0.39 is 22.0 Å². The van der Waals surface area contributed by atoms with Gasteiger partial charge in [-0.05, 0) is 32.0 Å². The highest BCUT2D eigenvalue weighted by atomic mass is 32.2. The Hall–Kier alpha value is -3.01. The standard InChI is InChI=1S/C15H17N5O4S/c1-9-8-10(2)17-14(16-9)19-15(22)20-25(23,24)13-7-5-4-6-12(13)18-11(3)21/h4-8H,1-3H3,(H,18,21)(H2,16,17,19,20,22). The van der Waals surface area contributed by atoms with Gasteiger partial charge in [-0.1, -0.05) is 12.1 Å². The monoisotopic (exact) mass is 363 g/mol. The van der Waals surface area contributed by atoms with Gasteiger partial charge in [0.25, 0.3) is 10.0 Å². The Labute approximate surface area is 144 Å². The Bertz CT molecular complexity index is 907. The van der Waals surface area contributed by atoms with Gasteiger partial charge in [-0.25, -0.2) is 27.9 Å². The SMILES string of the molecule is CC(=O)Nc1ccccc1S(=O)(=O)NC(=O)Nc1nc(C)cc(C)n1. The van der Waals surface area contributed by atoms with Gasteiger partial charge in [0.15, 0.2) is 0 Å². The zero-order chi connectivity index (χ0) is 18.6. The highest BCUT2D eigenvalue weighted by Crippen LogP contribution is 2.20. The topological polar surface area (TPSA) is 130 Å². The van der Waals surface area contributed by atoms with Crippen LogP contribution in [0.4, 0.5) is 16.4 Å². The minimum Gasteiger partial charge on any atom is -0.325 e. The minimum absolute atomic E-state index is 0.0136. The first-order chi connectivity index (χ1) is 11.7. The van der Waals surface area contributed by atoms with Gasteiger partial charge in [-0.15, -0.1) is 0 Å². The van der Waals surface area contributed by atoms with Crippen LogP contribution in [0.15, 0.2) is 35.2 Å². The van der Waals surface area contributed by atoms with E-state index in [4.69, 9.17) is 0 Å². The fraction of sp³-hybridized carbons (Fsp3) is 0.200. The third-order valence-corrected chi connectivity index (χ3v) is 4.31. The first-order valence-electron chi connectivity index (χ1n) is 7.20. The van der Waals surface area contributed by atoms with Gasteiger partial charge in [-0.2, -0.15) is 0 Å². The van der Waals surface area contributed by atoms with Crippen LogP contribution in [0.5, 0.6) is 0 Å². The summed E-state index contributed by atoms with van der Waals surface area (Å²) in [6, 6.07) is 6.43. The van der Waals surface area contributed by atoms with Crippen LogP contribution in [0.2, 0.25) is 0 Å². The van der Waals surface area contributed by atoms with Crippen molar-refractivity contribution < 1.29 is 18.0 Å². The molecule has 2 aromatic rings. The van der Waals surface area contributed by atoms with Crippen molar-refractivity contribution in [1.29, 1.82) is 0 Å². The van der Waals surface area contributed by atoms with Crippen LogP contribution >= 0.6 is 0 Å². The maximum Gasteiger partial charge on any atom is 0.335 e. The quantitative estimate of drug-likeness (QED) is 0.756. The van der Waals surface area contributed by atoms with Gasteiger partial charge in [0.05, 0.1) is 5.69 Å². The van der Waals surface area contributed by atoms with Crippen molar-refractivity contribution in [1.82, 2.24) is 14.7 Å². The molecule has 10 heteroatoms. The average molecular weight is 363 g/mol. The number of hydrogen-bond donors (Lipinski definition) is 3. The molecule has 0 radical (unpaired) electrons. The number of nitrogens with one attached hydrogen (secondary N) is 3. The average Bonchev–Trinajstić information content (AvgIpc) is 2.44. The second kappa shape index (κ2) is 7.26. The lowest BCUT2D eigenvalue weighted by Crippen LogP contribution is -2.35. The molecule has 0 spiro atoms. The number of nitrogens with zero attached hydrogens (tertiary/aromatic N) is 2. The molecule has 3 N–H and O–H groups in total. The van der Waals surface area contributed by atoms with E-state index in [0.29, 0.717) is 11.4 Å². The van der Waals surface area contributed by atoms with E-state index in [-0.39, 0.29) is 16.5 Å². The van der Waals surface area contributed by atoms with Crippen molar-refractivity contribution in [2.24, 2.45) is 0 Å². The smallest absolute Gasteiger partial charge is 0.325 e. The van der Waals surface area contributed by atoms with Gasteiger partial charge < -0.3 is 5.32 Å². The molecule has 132 valence electrons. The largest absolute Gasteiger partial charge is 0.335 e. The number of carbonyl (C=O) groups excluding carboxylic acids is 2. The molecule has 25 heavy (non-hydrogen) atoms. The molecule has 1 aromatic heterocycles. The van der Waals surface area contributed by atoms with Crippen LogP contribution in [-0.2, 0) is 14.8 Å². The fourth-order valence-corrected chi connectivity index (χ4v) is 3.15. The van der Waals surface area contributed by atoms with Crippen LogP contribution in [0.1, 0.15) is 18.3 Å². The molecule has 0 aliphatic carbocycles. The molecule has 1 heterocycles. The van der Waals surface area contributed by atoms with Crippen molar-refractivity contribution in [3.05, 3.63) is 41.7 Å². The number of carbonyl (C=O) groups is 2. The molecule has 2 rings (SSSR count). The second-order valence-electron chi connectivity index (χ2n) is 5.21. The summed E-state index contributed by atoms with van der Waals surface area (Å²) in [4.78, 5) is 30.9. The van der Waals surface area contributed by atoms with Crippen LogP contribution in [0, 0.1) is 13.8 Å². The van der Waals surface area contributed by atoms with E-state index in [0.717, 1.165) is 0 Å². The molecular weight excluding hydrogens is 346 g/mol. The molecule has 1 aromatic carbocycles. The van der Waals surface area contributed by atoms with Gasteiger partial charge in [0.1, 0.15) is 4.90 Å². The van der Waals surface area contributed by atoms with Crippen LogP contribution in [0.25, 0.3) is 0 Å². The number of urea groups is 1. The summed E-state index contributed by atoms with van der Waals surface area (Å²) in [6.45, 7) is 4.69. The lowest BCUT2D eigenvalue weighted by Gasteiger charge is -2.12. The molecular formula is C15H17N5O4S. The summed E-state index contributed by atoms with van der Waals surface area (Å²) >= 11 is 0. The van der Waals surface area contributed by atoms with Gasteiger partial charge in [0.2, 0.25) is 11.9 Å². The Balaban J connectivity index is 2.21. The van der Waals surface area contributed by atoms with Crippen LogP contribution < -0.4 is 15.4 Å². The van der Waals surface area contributed by atoms with Crippen molar-refractivity contribution in [3.8, 4) is 0 Å². The third-order valence-electron chi connectivity index (χ3n) is 2.92. The van der Waals surface area contributed by atoms with E-state index >= 15 is 0 Å². The maximum absolute atomic E-state index is 12.4. The Morgan fingerprint density at radius 1 is 1.00 bits per heavy atom. The molecule has 0 aliphatic heterocycles. The van der Waals surface area contributed by atoms with Crippen molar-refractivity contribution in [2.45, 2.75) is 25.7 Å². The van der Waals surface area contributed by atoms with Gasteiger partial charge in [-0.3, -0.25) is 10.1 Å². The summed E-state index contributed by atoms with van der Waals surface area (Å²) in [7, 11) is -4.21. The highest BCUT2D eigenvalue weighted by molar-refractivity contribution is 7.90. The van der Waals surface area contributed by atoms with Crippen molar-refractivity contribution in [3.63, 3.8) is 0 Å². The lowest BCUT2D eigenvalue weighted by atomic mass is 10.3. The lowest BCUT2D eigenvalue weighted by molar-refractivity contribution is -0.114. The molecule has 0 unspecified atom stereocenters. The molecule has 3 amide bonds. The number of hydrogen-bond acceptors (Lipinski definition) is 6. The van der Waals surface area contributed by atoms with Gasteiger partial charge >= 0.3 is 6.03 Å². The summed E-state index contributed by atoms with van der Waals surface area (Å²) in [5.41, 5.74) is 1.32. The summed E-state index contributed by atoms with van der Waals surface area (Å²) < 4.78 is 26.7. The van der Waals surface area contributed by atoms with E-state index in [2.05, 4.69) is 20.6 Å². The molecule has 9 nitrogen and oxygen atoms in total. The first kappa shape index (κ1) is 18.3. The fourth-order valence-electron chi connectivity index (χ4n) is 2.08. The zero-order valence-electron chi connectivity index (χ0n) is 13.8. The molecule has 0 saturated heterocycles. The third kappa shape index (κ3) is 4.98. The van der Waals surface area contributed by atoms with Crippen LogP contribution in [-0.4, -0.2) is 30.3 Å². The van der Waals surface area contributed by atoms with E-state index in [1.54, 1.807) is 26.0 Å². The Morgan fingerprint density at radius 2 is 1.60 bits per heavy atom. The zero-order valence-corrected chi connectivity index (χ0v) is 14.6. The number of benzene rings is 1. The number of anilines is 2. The van der Waals surface area contributed by atoms with Gasteiger partial charge in [0, 0.05) is 18.3 Å². The van der Waals surface area contributed by atoms with Crippen LogP contribution in [0.3, 0.4) is 0 Å². The van der Waals surface area contributed by atoms with Crippen molar-refractivity contribution in [2.75, 3.05) is 10.6 Å². The molecule has 0 aliphatic rings. The number of amides is 3. The highest BCUT2D eigenvalue weighted by Gasteiger charge is 2.22. The Morgan fingerprint density at radius 3 is 2.20 bits per heavy atom. The second-order valence-corrected chi connectivity index (χ2v) is 6.86. The molecule has 0 saturated carbocycles. The van der Waals surface area contributed by atoms with E-state index in [9.17, 15) is 18.0 Å². The first-order valence-corrected chi connectivity index (χ1v) is 8.68. The summed E-state index contributed by atoms with van der Waals surface area (Å²) in [5.74, 6) is -0.448. The van der Waals surface area contributed by atoms with Crippen molar-refractivity contribution >= 4 is 33.6 Å². The van der Waals surface area contributed by atoms with E-state index in [1.165, 1.54) is 25.1 Å². The summed E-state index contributed by atoms with van der Waals surface area (Å²) in [6.07, 6.45) is 0. The normalized spacial score (nSPS) is 10.8. The number of para-hydroxylation sites is 1. The number of aromatic nitrogens is 2. The maximum atomic E-state index is 12.4. The minimum atomic E-state index is -4.21. The summed E-state index contributed by atoms with van der Waals surface area (Å²) in [5, 5.41) is 4.67. The number of rotatable bonds is 4. The predicted molar refractivity (Wildman–Crippen MR) is 91.6 cm³/mol. The molecule has 0 fully saturated rings. The number of aryl methyl sites for hydroxylation is 2. The molecule has 0 bridgehead atoms. The number of sulfonamides is 1. The Kier molecular flexibility index (Phi) is 5.32. The molecule has 0 atom stereocenters. The predicted octanol–water partition coefficient (Wildman–Crippen LogP) is 1.56.